The summed E-state index contributed by atoms with van der Waals surface area (Å²) in [5.41, 5.74) is 6.90. The highest BCUT2D eigenvalue weighted by Gasteiger charge is 2.18. The lowest BCUT2D eigenvalue weighted by Gasteiger charge is -2.14. The first-order chi connectivity index (χ1) is 21.6. The van der Waals surface area contributed by atoms with Crippen LogP contribution in [0.5, 0.6) is 0 Å². The summed E-state index contributed by atoms with van der Waals surface area (Å²) in [6, 6.07) is 39.8. The van der Waals surface area contributed by atoms with E-state index in [0.717, 1.165) is 22.0 Å². The van der Waals surface area contributed by atoms with E-state index in [9.17, 15) is 5.26 Å². The average Bonchev–Trinajstić information content (AvgIpc) is 3.61. The number of nitriles is 1. The minimum Gasteiger partial charge on any atom is -0.462 e. The van der Waals surface area contributed by atoms with E-state index < -0.39 is 0 Å². The third-order valence-electron chi connectivity index (χ3n) is 7.98. The maximum atomic E-state index is 10.1. The van der Waals surface area contributed by atoms with E-state index >= 15 is 0 Å². The molecule has 0 aliphatic carbocycles. The third-order valence-corrected chi connectivity index (χ3v) is 7.98. The Balaban J connectivity index is 1.11. The van der Waals surface area contributed by atoms with Gasteiger partial charge in [-0.2, -0.15) is 5.26 Å². The van der Waals surface area contributed by atoms with Crippen molar-refractivity contribution in [1.29, 1.82) is 5.26 Å². The van der Waals surface area contributed by atoms with Crippen molar-refractivity contribution >= 4 is 55.3 Å². The normalized spacial score (nSPS) is 14.6. The topological polar surface area (TPSA) is 64.0 Å². The number of allylic oxidation sites excluding steroid dienone is 6. The molecule has 0 atom stereocenters. The fraction of sp³-hybridized carbons (Fsp3) is 0.0256. The van der Waals surface area contributed by atoms with Gasteiger partial charge in [0, 0.05) is 22.0 Å². The molecule has 8 rings (SSSR count). The Hall–Kier alpha value is -6.12. The highest BCUT2D eigenvalue weighted by atomic mass is 16.5. The minimum absolute atomic E-state index is 0.291. The lowest BCUT2D eigenvalue weighted by Crippen LogP contribution is -1.98. The van der Waals surface area contributed by atoms with Gasteiger partial charge in [-0.25, -0.2) is 4.98 Å². The number of fused-ring (bicyclic) bond motifs is 5. The van der Waals surface area contributed by atoms with E-state index in [0.29, 0.717) is 39.7 Å². The van der Waals surface area contributed by atoms with Gasteiger partial charge in [0.05, 0.1) is 11.0 Å². The molecule has 0 spiro atoms. The van der Waals surface area contributed by atoms with Crippen LogP contribution in [0.1, 0.15) is 18.4 Å². The van der Waals surface area contributed by atoms with Crippen LogP contribution >= 0.6 is 0 Å². The predicted octanol–water partition coefficient (Wildman–Crippen LogP) is 9.89. The molecule has 44 heavy (non-hydrogen) atoms. The number of nitrogens with zero attached hydrogens (tertiary/aromatic N) is 3. The number of hydrogen-bond donors (Lipinski definition) is 0. The van der Waals surface area contributed by atoms with Crippen molar-refractivity contribution in [2.75, 3.05) is 0 Å². The second-order valence-electron chi connectivity index (χ2n) is 10.8. The Morgan fingerprint density at radius 1 is 0.773 bits per heavy atom. The van der Waals surface area contributed by atoms with Crippen molar-refractivity contribution < 1.29 is 9.15 Å². The first kappa shape index (κ1) is 25.6. The molecule has 0 unspecified atom stereocenters. The molecule has 0 saturated heterocycles. The smallest absolute Gasteiger partial charge is 0.238 e. The van der Waals surface area contributed by atoms with Gasteiger partial charge in [0.15, 0.2) is 5.58 Å². The lowest BCUT2D eigenvalue weighted by atomic mass is 10.0. The van der Waals surface area contributed by atoms with Gasteiger partial charge >= 0.3 is 0 Å². The van der Waals surface area contributed by atoms with Crippen molar-refractivity contribution in [3.05, 3.63) is 156 Å². The van der Waals surface area contributed by atoms with Crippen molar-refractivity contribution in [3.63, 3.8) is 0 Å². The summed E-state index contributed by atoms with van der Waals surface area (Å²) in [4.78, 5) is 4.65. The largest absolute Gasteiger partial charge is 0.462 e. The molecule has 0 saturated carbocycles. The summed E-state index contributed by atoms with van der Waals surface area (Å²) in [5.74, 6) is 1.60. The van der Waals surface area contributed by atoms with E-state index in [2.05, 4.69) is 88.4 Å². The zero-order valence-electron chi connectivity index (χ0n) is 23.9. The van der Waals surface area contributed by atoms with Crippen molar-refractivity contribution in [2.45, 2.75) is 6.92 Å². The van der Waals surface area contributed by atoms with Gasteiger partial charge in [-0.15, -0.1) is 0 Å². The summed E-state index contributed by atoms with van der Waals surface area (Å²) >= 11 is 0. The van der Waals surface area contributed by atoms with Crippen molar-refractivity contribution in [2.24, 2.45) is 0 Å². The highest BCUT2D eigenvalue weighted by molar-refractivity contribution is 6.09. The minimum atomic E-state index is 0.291. The van der Waals surface area contributed by atoms with Crippen molar-refractivity contribution in [3.8, 4) is 11.8 Å². The van der Waals surface area contributed by atoms with Gasteiger partial charge in [0.2, 0.25) is 5.89 Å². The van der Waals surface area contributed by atoms with Crippen LogP contribution in [0.3, 0.4) is 0 Å². The number of oxazole rings is 1. The first-order valence-corrected chi connectivity index (χ1v) is 14.4. The summed E-state index contributed by atoms with van der Waals surface area (Å²) in [6.07, 6.45) is 7.61. The Morgan fingerprint density at radius 2 is 1.43 bits per heavy atom. The van der Waals surface area contributed by atoms with E-state index in [1.165, 1.54) is 21.8 Å². The van der Waals surface area contributed by atoms with E-state index in [-0.39, 0.29) is 0 Å². The van der Waals surface area contributed by atoms with Gasteiger partial charge in [0.25, 0.3) is 0 Å². The Kier molecular flexibility index (Phi) is 5.99. The fourth-order valence-electron chi connectivity index (χ4n) is 5.95. The molecule has 208 valence electrons. The molecule has 2 aromatic heterocycles. The average molecular weight is 568 g/mol. The Labute approximate surface area is 253 Å². The van der Waals surface area contributed by atoms with Gasteiger partial charge in [-0.1, -0.05) is 78.9 Å². The molecular formula is C39H25N3O2. The van der Waals surface area contributed by atoms with Crippen LogP contribution in [0.15, 0.2) is 149 Å². The van der Waals surface area contributed by atoms with E-state index in [1.807, 2.05) is 67.6 Å². The van der Waals surface area contributed by atoms with Gasteiger partial charge < -0.3 is 13.7 Å². The molecule has 5 nitrogen and oxygen atoms in total. The molecule has 0 radical (unpaired) electrons. The van der Waals surface area contributed by atoms with Crippen LogP contribution in [0.4, 0.5) is 0 Å². The number of benzene rings is 5. The SMILES string of the molecule is CC1=C/C(=C(/C#N)c2nc3cc4ccccc4cc3o2)C=C(C=Cc2ccc(-n3c4ccccc4c4ccccc43)cc2)O1. The number of para-hydroxylation sites is 2. The monoisotopic (exact) mass is 567 g/mol. The maximum absolute atomic E-state index is 10.1. The summed E-state index contributed by atoms with van der Waals surface area (Å²) in [7, 11) is 0. The molecule has 7 aromatic rings. The van der Waals surface area contributed by atoms with Gasteiger partial charge in [0.1, 0.15) is 28.7 Å². The molecule has 3 heterocycles. The zero-order valence-corrected chi connectivity index (χ0v) is 23.9. The molecule has 0 fully saturated rings. The number of hydrogen-bond acceptors (Lipinski definition) is 4. The third kappa shape index (κ3) is 4.38. The second kappa shape index (κ2) is 10.3. The highest BCUT2D eigenvalue weighted by Crippen LogP contribution is 2.33. The number of rotatable bonds is 4. The standard InChI is InChI=1S/C39H25N3O2/c1-25-20-29(34(24-40)39-41-35-22-27-8-2-3-9-28(27)23-38(35)44-39)21-31(43-25)19-16-26-14-17-30(18-15-26)42-36-12-6-4-10-32(36)33-11-5-7-13-37(33)42/h2-23H,1H3/b19-16?,34-29+. The molecule has 0 N–H and O–H groups in total. The molecule has 1 aliphatic heterocycles. The van der Waals surface area contributed by atoms with Crippen molar-refractivity contribution in [1.82, 2.24) is 9.55 Å². The molecular weight excluding hydrogens is 542 g/mol. The van der Waals surface area contributed by atoms with Crippen LogP contribution in [-0.2, 0) is 4.74 Å². The van der Waals surface area contributed by atoms with E-state index in [4.69, 9.17) is 9.15 Å². The Bertz CT molecular complexity index is 2320. The summed E-state index contributed by atoms with van der Waals surface area (Å²) in [5, 5.41) is 14.7. The summed E-state index contributed by atoms with van der Waals surface area (Å²) < 4.78 is 14.4. The lowest BCUT2D eigenvalue weighted by molar-refractivity contribution is 0.318. The number of ether oxygens (including phenoxy) is 1. The van der Waals surface area contributed by atoms with Crippen LogP contribution in [0, 0.1) is 11.3 Å². The van der Waals surface area contributed by atoms with Crippen LogP contribution < -0.4 is 0 Å². The molecule has 0 amide bonds. The zero-order chi connectivity index (χ0) is 29.6. The molecule has 5 aromatic carbocycles. The van der Waals surface area contributed by atoms with Crippen LogP contribution in [-0.4, -0.2) is 9.55 Å². The summed E-state index contributed by atoms with van der Waals surface area (Å²) in [6.45, 7) is 1.87. The molecule has 0 bridgehead atoms. The predicted molar refractivity (Wildman–Crippen MR) is 177 cm³/mol. The van der Waals surface area contributed by atoms with Crippen LogP contribution in [0.25, 0.3) is 61.0 Å². The fourth-order valence-corrected chi connectivity index (χ4v) is 5.95. The van der Waals surface area contributed by atoms with E-state index in [1.54, 1.807) is 0 Å². The number of aromatic nitrogens is 2. The Morgan fingerprint density at radius 3 is 2.14 bits per heavy atom. The second-order valence-corrected chi connectivity index (χ2v) is 10.8. The molecule has 1 aliphatic rings. The first-order valence-electron chi connectivity index (χ1n) is 14.4. The van der Waals surface area contributed by atoms with Gasteiger partial charge in [-0.05, 0) is 77.9 Å². The molecule has 5 heteroatoms. The van der Waals surface area contributed by atoms with Gasteiger partial charge in [-0.3, -0.25) is 0 Å². The quantitative estimate of drug-likeness (QED) is 0.199. The van der Waals surface area contributed by atoms with Crippen LogP contribution in [0.2, 0.25) is 0 Å². The maximum Gasteiger partial charge on any atom is 0.238 e.